The molecule has 0 aromatic carbocycles. The first kappa shape index (κ1) is 17.0. The highest BCUT2D eigenvalue weighted by Gasteiger charge is 2.24. The first-order chi connectivity index (χ1) is 10.3. The Labute approximate surface area is 136 Å². The van der Waals surface area contributed by atoms with Crippen molar-refractivity contribution in [3.8, 4) is 0 Å². The Hall–Kier alpha value is -1.40. The second kappa shape index (κ2) is 7.24. The van der Waals surface area contributed by atoms with Crippen molar-refractivity contribution in [1.29, 1.82) is 0 Å². The topological polar surface area (TPSA) is 67.3 Å². The van der Waals surface area contributed by atoms with Crippen LogP contribution >= 0.6 is 11.6 Å². The molecule has 0 radical (unpaired) electrons. The number of halogens is 1. The molecule has 7 heteroatoms. The molecule has 0 bridgehead atoms. The molecular weight excluding hydrogens is 304 g/mol. The molecule has 1 atom stereocenters. The first-order valence-corrected chi connectivity index (χ1v) is 7.86. The van der Waals surface area contributed by atoms with Crippen molar-refractivity contribution in [1.82, 2.24) is 20.2 Å². The predicted molar refractivity (Wildman–Crippen MR) is 84.7 cm³/mol. The number of hydrogen-bond donors (Lipinski definition) is 1. The van der Waals surface area contributed by atoms with Gasteiger partial charge in [0.15, 0.2) is 0 Å². The number of amides is 1. The SMILES string of the molecule is CC(C)(C)OC(=O)NC[C@H]1CCN(Cc2ccnc(Cl)n2)C1. The first-order valence-electron chi connectivity index (χ1n) is 7.48. The molecule has 1 aromatic rings. The highest BCUT2D eigenvalue weighted by atomic mass is 35.5. The second-order valence-corrected chi connectivity index (χ2v) is 6.93. The molecule has 1 aliphatic heterocycles. The summed E-state index contributed by atoms with van der Waals surface area (Å²) in [4.78, 5) is 22.0. The number of carbonyl (C=O) groups excluding carboxylic acids is 1. The van der Waals surface area contributed by atoms with Crippen molar-refractivity contribution in [3.05, 3.63) is 23.2 Å². The molecule has 1 saturated heterocycles. The van der Waals surface area contributed by atoms with Crippen molar-refractivity contribution in [3.63, 3.8) is 0 Å². The lowest BCUT2D eigenvalue weighted by molar-refractivity contribution is 0.0519. The van der Waals surface area contributed by atoms with Gasteiger partial charge in [-0.2, -0.15) is 0 Å². The van der Waals surface area contributed by atoms with E-state index in [1.165, 1.54) is 0 Å². The Morgan fingerprint density at radius 1 is 1.55 bits per heavy atom. The van der Waals surface area contributed by atoms with E-state index in [9.17, 15) is 4.79 Å². The van der Waals surface area contributed by atoms with Crippen LogP contribution in [0, 0.1) is 5.92 Å². The largest absolute Gasteiger partial charge is 0.444 e. The third-order valence-electron chi connectivity index (χ3n) is 3.37. The maximum atomic E-state index is 11.6. The molecule has 1 aliphatic rings. The second-order valence-electron chi connectivity index (χ2n) is 6.59. The van der Waals surface area contributed by atoms with E-state index >= 15 is 0 Å². The van der Waals surface area contributed by atoms with E-state index in [-0.39, 0.29) is 11.4 Å². The number of hydrogen-bond acceptors (Lipinski definition) is 5. The van der Waals surface area contributed by atoms with Crippen molar-refractivity contribution in [2.45, 2.75) is 39.3 Å². The van der Waals surface area contributed by atoms with E-state index in [0.29, 0.717) is 12.5 Å². The average molecular weight is 327 g/mol. The summed E-state index contributed by atoms with van der Waals surface area (Å²) in [6.07, 6.45) is 2.37. The van der Waals surface area contributed by atoms with Crippen LogP contribution in [-0.4, -0.2) is 46.2 Å². The lowest BCUT2D eigenvalue weighted by Gasteiger charge is -2.21. The van der Waals surface area contributed by atoms with Crippen LogP contribution in [0.25, 0.3) is 0 Å². The van der Waals surface area contributed by atoms with Crippen LogP contribution in [0.15, 0.2) is 12.3 Å². The normalized spacial score (nSPS) is 19.2. The minimum atomic E-state index is -0.460. The summed E-state index contributed by atoms with van der Waals surface area (Å²) < 4.78 is 5.24. The van der Waals surface area contributed by atoms with Crippen molar-refractivity contribution in [2.75, 3.05) is 19.6 Å². The molecular formula is C15H23ClN4O2. The number of likely N-dealkylation sites (tertiary alicyclic amines) is 1. The van der Waals surface area contributed by atoms with E-state index < -0.39 is 5.60 Å². The molecule has 22 heavy (non-hydrogen) atoms. The van der Waals surface area contributed by atoms with Crippen molar-refractivity contribution >= 4 is 17.7 Å². The van der Waals surface area contributed by atoms with E-state index in [0.717, 1.165) is 31.7 Å². The molecule has 0 spiro atoms. The zero-order valence-electron chi connectivity index (χ0n) is 13.3. The van der Waals surface area contributed by atoms with Crippen molar-refractivity contribution < 1.29 is 9.53 Å². The number of carbonyl (C=O) groups is 1. The van der Waals surface area contributed by atoms with Gasteiger partial charge in [-0.05, 0) is 57.3 Å². The Morgan fingerprint density at radius 3 is 3.00 bits per heavy atom. The zero-order chi connectivity index (χ0) is 16.2. The molecule has 1 aromatic heterocycles. The fourth-order valence-electron chi connectivity index (χ4n) is 2.45. The van der Waals surface area contributed by atoms with Gasteiger partial charge in [0.25, 0.3) is 0 Å². The molecule has 1 N–H and O–H groups in total. The van der Waals surface area contributed by atoms with E-state index in [1.807, 2.05) is 26.8 Å². The van der Waals surface area contributed by atoms with Gasteiger partial charge in [-0.25, -0.2) is 14.8 Å². The van der Waals surface area contributed by atoms with Crippen LogP contribution in [-0.2, 0) is 11.3 Å². The van der Waals surface area contributed by atoms with Gasteiger partial charge in [0, 0.05) is 25.8 Å². The maximum absolute atomic E-state index is 11.6. The molecule has 2 heterocycles. The molecule has 2 rings (SSSR count). The third-order valence-corrected chi connectivity index (χ3v) is 3.56. The lowest BCUT2D eigenvalue weighted by atomic mass is 10.1. The van der Waals surface area contributed by atoms with Gasteiger partial charge in [0.1, 0.15) is 5.60 Å². The Kier molecular flexibility index (Phi) is 5.58. The lowest BCUT2D eigenvalue weighted by Crippen LogP contribution is -2.36. The quantitative estimate of drug-likeness (QED) is 0.861. The Morgan fingerprint density at radius 2 is 2.32 bits per heavy atom. The standard InChI is InChI=1S/C15H23ClN4O2/c1-15(2,3)22-14(21)18-8-11-5-7-20(9-11)10-12-4-6-17-13(16)19-12/h4,6,11H,5,7-10H2,1-3H3,(H,18,21)/t11-/m1/s1. The van der Waals surface area contributed by atoms with Gasteiger partial charge >= 0.3 is 6.09 Å². The van der Waals surface area contributed by atoms with E-state index in [4.69, 9.17) is 16.3 Å². The summed E-state index contributed by atoms with van der Waals surface area (Å²) >= 11 is 5.79. The van der Waals surface area contributed by atoms with Crippen molar-refractivity contribution in [2.24, 2.45) is 5.92 Å². The smallest absolute Gasteiger partial charge is 0.407 e. The molecule has 0 saturated carbocycles. The average Bonchev–Trinajstić information content (AvgIpc) is 2.82. The van der Waals surface area contributed by atoms with Gasteiger partial charge in [0.2, 0.25) is 5.28 Å². The van der Waals surface area contributed by atoms with E-state index in [1.54, 1.807) is 6.20 Å². The Bertz CT molecular complexity index is 519. The summed E-state index contributed by atoms with van der Waals surface area (Å²) in [5.74, 6) is 0.435. The summed E-state index contributed by atoms with van der Waals surface area (Å²) in [6, 6.07) is 1.87. The molecule has 1 amide bonds. The van der Waals surface area contributed by atoms with Crippen LogP contribution in [0.5, 0.6) is 0 Å². The number of nitrogens with zero attached hydrogens (tertiary/aromatic N) is 3. The van der Waals surface area contributed by atoms with Gasteiger partial charge in [-0.1, -0.05) is 0 Å². The predicted octanol–water partition coefficient (Wildman–Crippen LogP) is 2.48. The molecule has 0 aliphatic carbocycles. The maximum Gasteiger partial charge on any atom is 0.407 e. The number of aromatic nitrogens is 2. The van der Waals surface area contributed by atoms with Gasteiger partial charge in [0.05, 0.1) is 5.69 Å². The van der Waals surface area contributed by atoms with Crippen LogP contribution < -0.4 is 5.32 Å². The number of rotatable bonds is 4. The van der Waals surface area contributed by atoms with Gasteiger partial charge < -0.3 is 10.1 Å². The summed E-state index contributed by atoms with van der Waals surface area (Å²) in [5.41, 5.74) is 0.457. The van der Waals surface area contributed by atoms with Crippen LogP contribution in [0.2, 0.25) is 5.28 Å². The van der Waals surface area contributed by atoms with Gasteiger partial charge in [-0.3, -0.25) is 4.90 Å². The number of nitrogens with one attached hydrogen (secondary N) is 1. The minimum absolute atomic E-state index is 0.278. The zero-order valence-corrected chi connectivity index (χ0v) is 14.1. The molecule has 0 unspecified atom stereocenters. The fourth-order valence-corrected chi connectivity index (χ4v) is 2.62. The summed E-state index contributed by atoms with van der Waals surface area (Å²) in [7, 11) is 0. The molecule has 1 fully saturated rings. The molecule has 122 valence electrons. The third kappa shape index (κ3) is 5.77. The Balaban J connectivity index is 1.73. The van der Waals surface area contributed by atoms with Crippen LogP contribution in [0.1, 0.15) is 32.9 Å². The fraction of sp³-hybridized carbons (Fsp3) is 0.667. The summed E-state index contributed by atoms with van der Waals surface area (Å²) in [5, 5.41) is 3.12. The number of alkyl carbamates (subject to hydrolysis) is 1. The van der Waals surface area contributed by atoms with E-state index in [2.05, 4.69) is 20.2 Å². The summed E-state index contributed by atoms with van der Waals surface area (Å²) in [6.45, 7) is 8.88. The van der Waals surface area contributed by atoms with Gasteiger partial charge in [-0.15, -0.1) is 0 Å². The monoisotopic (exact) mass is 326 g/mol. The van der Waals surface area contributed by atoms with Crippen LogP contribution in [0.4, 0.5) is 4.79 Å². The molecule has 6 nitrogen and oxygen atoms in total. The van der Waals surface area contributed by atoms with Crippen LogP contribution in [0.3, 0.4) is 0 Å². The highest BCUT2D eigenvalue weighted by molar-refractivity contribution is 6.28. The highest BCUT2D eigenvalue weighted by Crippen LogP contribution is 2.18. The minimum Gasteiger partial charge on any atom is -0.444 e. The number of ether oxygens (including phenoxy) is 1.